The summed E-state index contributed by atoms with van der Waals surface area (Å²) in [7, 11) is 1.54. The highest BCUT2D eigenvalue weighted by molar-refractivity contribution is 6.39. The Kier molecular flexibility index (Phi) is 5.68. The number of anilines is 1. The Balaban J connectivity index is 2.03. The molecule has 0 saturated carbocycles. The molecule has 0 spiro atoms. The van der Waals surface area contributed by atoms with E-state index in [1.54, 1.807) is 42.5 Å². The van der Waals surface area contributed by atoms with Crippen molar-refractivity contribution in [2.45, 2.75) is 26.9 Å². The number of carbonyl (C=O) groups excluding carboxylic acids is 3. The van der Waals surface area contributed by atoms with Crippen LogP contribution in [0.5, 0.6) is 11.5 Å². The van der Waals surface area contributed by atoms with E-state index in [4.69, 9.17) is 9.47 Å². The van der Waals surface area contributed by atoms with E-state index in [2.05, 4.69) is 5.32 Å². The Morgan fingerprint density at radius 3 is 2.34 bits per heavy atom. The van der Waals surface area contributed by atoms with Gasteiger partial charge >= 0.3 is 6.03 Å². The smallest absolute Gasteiger partial charge is 0.335 e. The normalized spacial score (nSPS) is 15.7. The molecule has 1 heterocycles. The van der Waals surface area contributed by atoms with Gasteiger partial charge in [-0.15, -0.1) is 0 Å². The van der Waals surface area contributed by atoms with E-state index in [0.717, 1.165) is 10.5 Å². The first-order chi connectivity index (χ1) is 13.8. The molecule has 2 aromatic rings. The second-order valence-corrected chi connectivity index (χ2v) is 6.86. The van der Waals surface area contributed by atoms with Crippen LogP contribution in [0, 0.1) is 6.92 Å². The van der Waals surface area contributed by atoms with Gasteiger partial charge in [-0.05, 0) is 51.1 Å². The number of ether oxygens (including phenoxy) is 2. The maximum atomic E-state index is 13.0. The second-order valence-electron chi connectivity index (χ2n) is 6.86. The molecule has 3 rings (SSSR count). The molecule has 1 N–H and O–H groups in total. The van der Waals surface area contributed by atoms with E-state index >= 15 is 0 Å². The summed E-state index contributed by atoms with van der Waals surface area (Å²) in [5.41, 5.74) is 1.73. The van der Waals surface area contributed by atoms with Gasteiger partial charge in [-0.3, -0.25) is 14.9 Å². The molecule has 0 radical (unpaired) electrons. The molecular formula is C22H22N2O5. The fraction of sp³-hybridized carbons (Fsp3) is 0.227. The topological polar surface area (TPSA) is 84.9 Å². The minimum absolute atomic E-state index is 0.124. The third-order valence-electron chi connectivity index (χ3n) is 4.28. The van der Waals surface area contributed by atoms with Crippen molar-refractivity contribution in [1.82, 2.24) is 5.32 Å². The standard InChI is InChI=1S/C22H22N2O5/c1-13(2)29-19-12-17(28-4)10-7-15(19)11-18-20(25)23-22(27)24(21(18)26)16-8-5-14(3)6-9-16/h5-13H,1-4H3,(H,23,25,27)/b18-11+. The Bertz CT molecular complexity index is 993. The summed E-state index contributed by atoms with van der Waals surface area (Å²) in [5.74, 6) is -0.409. The van der Waals surface area contributed by atoms with Crippen LogP contribution in [0.25, 0.3) is 6.08 Å². The molecule has 0 aliphatic carbocycles. The molecule has 0 aromatic heterocycles. The third kappa shape index (κ3) is 4.29. The number of nitrogens with zero attached hydrogens (tertiary/aromatic N) is 1. The number of nitrogens with one attached hydrogen (secondary N) is 1. The molecular weight excluding hydrogens is 372 g/mol. The largest absolute Gasteiger partial charge is 0.497 e. The molecule has 4 amide bonds. The quantitative estimate of drug-likeness (QED) is 0.620. The summed E-state index contributed by atoms with van der Waals surface area (Å²) in [6, 6.07) is 11.2. The van der Waals surface area contributed by atoms with Crippen molar-refractivity contribution in [1.29, 1.82) is 0 Å². The molecule has 29 heavy (non-hydrogen) atoms. The van der Waals surface area contributed by atoms with Gasteiger partial charge in [-0.25, -0.2) is 9.69 Å². The van der Waals surface area contributed by atoms with Crippen molar-refractivity contribution in [3.8, 4) is 11.5 Å². The van der Waals surface area contributed by atoms with Crippen LogP contribution in [0.1, 0.15) is 25.0 Å². The van der Waals surface area contributed by atoms with Crippen molar-refractivity contribution in [3.05, 3.63) is 59.2 Å². The number of hydrogen-bond acceptors (Lipinski definition) is 5. The molecule has 1 saturated heterocycles. The summed E-state index contributed by atoms with van der Waals surface area (Å²) in [5, 5.41) is 2.22. The van der Waals surface area contributed by atoms with Crippen molar-refractivity contribution >= 4 is 29.6 Å². The number of imide groups is 2. The van der Waals surface area contributed by atoms with Crippen LogP contribution in [0.15, 0.2) is 48.0 Å². The number of rotatable bonds is 5. The fourth-order valence-corrected chi connectivity index (χ4v) is 2.86. The Labute approximate surface area is 168 Å². The molecule has 1 fully saturated rings. The first-order valence-corrected chi connectivity index (χ1v) is 9.13. The molecule has 1 aliphatic heterocycles. The lowest BCUT2D eigenvalue weighted by molar-refractivity contribution is -0.122. The van der Waals surface area contributed by atoms with Gasteiger partial charge in [-0.2, -0.15) is 0 Å². The lowest BCUT2D eigenvalue weighted by Gasteiger charge is -2.26. The van der Waals surface area contributed by atoms with Gasteiger partial charge in [0.1, 0.15) is 17.1 Å². The van der Waals surface area contributed by atoms with Crippen LogP contribution in [-0.4, -0.2) is 31.1 Å². The van der Waals surface area contributed by atoms with Crippen LogP contribution in [-0.2, 0) is 9.59 Å². The first kappa shape index (κ1) is 20.1. The van der Waals surface area contributed by atoms with Crippen LogP contribution in [0.3, 0.4) is 0 Å². The zero-order valence-electron chi connectivity index (χ0n) is 16.7. The number of benzene rings is 2. The average Bonchev–Trinajstić information content (AvgIpc) is 2.67. The highest BCUT2D eigenvalue weighted by atomic mass is 16.5. The molecule has 7 nitrogen and oxygen atoms in total. The van der Waals surface area contributed by atoms with Gasteiger partial charge in [0.15, 0.2) is 0 Å². The summed E-state index contributed by atoms with van der Waals surface area (Å²) in [6.07, 6.45) is 1.29. The van der Waals surface area contributed by atoms with Gasteiger partial charge in [0.2, 0.25) is 0 Å². The van der Waals surface area contributed by atoms with E-state index in [0.29, 0.717) is 22.7 Å². The summed E-state index contributed by atoms with van der Waals surface area (Å²) < 4.78 is 11.0. The average molecular weight is 394 g/mol. The van der Waals surface area contributed by atoms with Gasteiger partial charge in [0.05, 0.1) is 18.9 Å². The molecule has 0 unspecified atom stereocenters. The van der Waals surface area contributed by atoms with Crippen molar-refractivity contribution < 1.29 is 23.9 Å². The first-order valence-electron chi connectivity index (χ1n) is 9.13. The van der Waals surface area contributed by atoms with Crippen LogP contribution >= 0.6 is 0 Å². The fourth-order valence-electron chi connectivity index (χ4n) is 2.86. The van der Waals surface area contributed by atoms with Gasteiger partial charge in [0.25, 0.3) is 11.8 Å². The van der Waals surface area contributed by atoms with E-state index in [-0.39, 0.29) is 11.7 Å². The van der Waals surface area contributed by atoms with Crippen LogP contribution in [0.4, 0.5) is 10.5 Å². The molecule has 0 atom stereocenters. The predicted molar refractivity (Wildman–Crippen MR) is 109 cm³/mol. The van der Waals surface area contributed by atoms with E-state index in [1.807, 2.05) is 20.8 Å². The lowest BCUT2D eigenvalue weighted by atomic mass is 10.1. The van der Waals surface area contributed by atoms with E-state index in [9.17, 15) is 14.4 Å². The van der Waals surface area contributed by atoms with Crippen molar-refractivity contribution in [2.75, 3.05) is 12.0 Å². The van der Waals surface area contributed by atoms with Crippen LogP contribution in [0.2, 0.25) is 0 Å². The minimum Gasteiger partial charge on any atom is -0.497 e. The number of aryl methyl sites for hydroxylation is 1. The van der Waals surface area contributed by atoms with Crippen molar-refractivity contribution in [2.24, 2.45) is 0 Å². The molecule has 1 aliphatic rings. The maximum absolute atomic E-state index is 13.0. The SMILES string of the molecule is COc1ccc(/C=C2\C(=O)NC(=O)N(c3ccc(C)cc3)C2=O)c(OC(C)C)c1. The monoisotopic (exact) mass is 394 g/mol. The molecule has 150 valence electrons. The third-order valence-corrected chi connectivity index (χ3v) is 4.28. The lowest BCUT2D eigenvalue weighted by Crippen LogP contribution is -2.54. The number of amides is 4. The Hall–Kier alpha value is -3.61. The van der Waals surface area contributed by atoms with Crippen molar-refractivity contribution in [3.63, 3.8) is 0 Å². The number of hydrogen-bond donors (Lipinski definition) is 1. The number of barbiturate groups is 1. The van der Waals surface area contributed by atoms with Gasteiger partial charge < -0.3 is 9.47 Å². The summed E-state index contributed by atoms with van der Waals surface area (Å²) in [6.45, 7) is 5.63. The predicted octanol–water partition coefficient (Wildman–Crippen LogP) is 3.46. The summed E-state index contributed by atoms with van der Waals surface area (Å²) in [4.78, 5) is 38.6. The van der Waals surface area contributed by atoms with Gasteiger partial charge in [-0.1, -0.05) is 17.7 Å². The summed E-state index contributed by atoms with van der Waals surface area (Å²) >= 11 is 0. The maximum Gasteiger partial charge on any atom is 0.335 e. The Morgan fingerprint density at radius 1 is 1.03 bits per heavy atom. The molecule has 7 heteroatoms. The highest BCUT2D eigenvalue weighted by Gasteiger charge is 2.37. The number of carbonyl (C=O) groups is 3. The minimum atomic E-state index is -0.783. The zero-order chi connectivity index (χ0) is 21.1. The Morgan fingerprint density at radius 2 is 1.72 bits per heavy atom. The van der Waals surface area contributed by atoms with Crippen LogP contribution < -0.4 is 19.7 Å². The number of urea groups is 1. The van der Waals surface area contributed by atoms with E-state index in [1.165, 1.54) is 13.2 Å². The number of methoxy groups -OCH3 is 1. The zero-order valence-corrected chi connectivity index (χ0v) is 16.7. The van der Waals surface area contributed by atoms with E-state index < -0.39 is 17.8 Å². The van der Waals surface area contributed by atoms with Gasteiger partial charge in [0, 0.05) is 11.6 Å². The molecule has 2 aromatic carbocycles. The highest BCUT2D eigenvalue weighted by Crippen LogP contribution is 2.29. The molecule has 0 bridgehead atoms. The second kappa shape index (κ2) is 8.18.